The van der Waals surface area contributed by atoms with Crippen LogP contribution in [-0.4, -0.2) is 48.5 Å². The van der Waals surface area contributed by atoms with E-state index in [9.17, 15) is 19.2 Å². The zero-order valence-electron chi connectivity index (χ0n) is 14.4. The maximum atomic E-state index is 12.7. The number of piperidine rings is 1. The molecule has 0 aromatic carbocycles. The van der Waals surface area contributed by atoms with Gasteiger partial charge in [-0.1, -0.05) is 0 Å². The van der Waals surface area contributed by atoms with E-state index < -0.39 is 17.2 Å². The van der Waals surface area contributed by atoms with E-state index in [0.717, 1.165) is 4.57 Å². The molecule has 2 N–H and O–H groups in total. The van der Waals surface area contributed by atoms with Gasteiger partial charge < -0.3 is 10.6 Å². The summed E-state index contributed by atoms with van der Waals surface area (Å²) in [6, 6.07) is 0. The summed E-state index contributed by atoms with van der Waals surface area (Å²) in [7, 11) is 2.82. The Hall–Kier alpha value is -2.62. The summed E-state index contributed by atoms with van der Waals surface area (Å²) in [5.41, 5.74) is 4.43. The predicted octanol–water partition coefficient (Wildman–Crippen LogP) is -1.19. The number of aromatic nitrogens is 4. The lowest BCUT2D eigenvalue weighted by atomic mass is 9.97. The van der Waals surface area contributed by atoms with Crippen LogP contribution < -0.4 is 17.0 Å². The van der Waals surface area contributed by atoms with Crippen molar-refractivity contribution in [1.29, 1.82) is 0 Å². The van der Waals surface area contributed by atoms with Crippen molar-refractivity contribution in [3.05, 3.63) is 26.1 Å². The lowest BCUT2D eigenvalue weighted by Crippen LogP contribution is -2.45. The summed E-state index contributed by atoms with van der Waals surface area (Å²) in [5.74, 6) is -1.11. The number of amides is 2. The van der Waals surface area contributed by atoms with Crippen molar-refractivity contribution < 1.29 is 9.59 Å². The number of nitrogens with zero attached hydrogens (tertiary/aromatic N) is 5. The van der Waals surface area contributed by atoms with Crippen molar-refractivity contribution in [2.75, 3.05) is 13.1 Å². The van der Waals surface area contributed by atoms with Gasteiger partial charge in [-0.3, -0.25) is 28.1 Å². The Kier molecular flexibility index (Phi) is 4.61. The largest absolute Gasteiger partial charge is 0.369 e. The molecule has 1 atom stereocenters. The molecule has 11 heteroatoms. The number of primary amides is 1. The van der Waals surface area contributed by atoms with Gasteiger partial charge in [0.2, 0.25) is 17.1 Å². The van der Waals surface area contributed by atoms with Crippen molar-refractivity contribution in [2.24, 2.45) is 25.7 Å². The summed E-state index contributed by atoms with van der Waals surface area (Å²) < 4.78 is 3.42. The molecule has 0 saturated carbocycles. The van der Waals surface area contributed by atoms with Crippen molar-refractivity contribution in [3.63, 3.8) is 0 Å². The normalized spacial score (nSPS) is 17.7. The molecule has 26 heavy (non-hydrogen) atoms. The van der Waals surface area contributed by atoms with E-state index >= 15 is 0 Å². The Labute approximate surface area is 152 Å². The third kappa shape index (κ3) is 2.90. The minimum absolute atomic E-state index is 0.0601. The van der Waals surface area contributed by atoms with Crippen LogP contribution in [-0.2, 0) is 30.2 Å². The molecule has 0 unspecified atom stereocenters. The number of hydrogen-bond donors (Lipinski definition) is 1. The van der Waals surface area contributed by atoms with Gasteiger partial charge in [0.25, 0.3) is 5.56 Å². The Balaban J connectivity index is 1.98. The molecule has 2 aromatic heterocycles. The molecular formula is C15H19ClN6O4. The van der Waals surface area contributed by atoms with E-state index in [1.165, 1.54) is 28.1 Å². The molecule has 1 fully saturated rings. The van der Waals surface area contributed by atoms with Crippen LogP contribution >= 0.6 is 11.6 Å². The molecule has 0 radical (unpaired) electrons. The van der Waals surface area contributed by atoms with Crippen LogP contribution in [0.25, 0.3) is 11.2 Å². The van der Waals surface area contributed by atoms with Crippen LogP contribution in [0, 0.1) is 5.92 Å². The van der Waals surface area contributed by atoms with Crippen LogP contribution in [0.2, 0.25) is 5.28 Å². The summed E-state index contributed by atoms with van der Waals surface area (Å²) in [6.45, 7) is 0.534. The van der Waals surface area contributed by atoms with Crippen molar-refractivity contribution in [3.8, 4) is 0 Å². The van der Waals surface area contributed by atoms with E-state index in [0.29, 0.717) is 19.4 Å². The van der Waals surface area contributed by atoms with Crippen LogP contribution in [0.15, 0.2) is 9.59 Å². The molecular weight excluding hydrogens is 364 g/mol. The number of nitrogens with two attached hydrogens (primary N) is 1. The third-order valence-electron chi connectivity index (χ3n) is 4.77. The second kappa shape index (κ2) is 6.60. The SMILES string of the molecule is Cn1c(=O)c2c(nc(Cl)n2CC(=O)N2CCC[C@H](C(N)=O)C2)n(C)c1=O. The lowest BCUT2D eigenvalue weighted by Gasteiger charge is -2.31. The fourth-order valence-corrected chi connectivity index (χ4v) is 3.46. The van der Waals surface area contributed by atoms with Crippen LogP contribution in [0.4, 0.5) is 0 Å². The zero-order chi connectivity index (χ0) is 19.2. The van der Waals surface area contributed by atoms with Crippen molar-refractivity contribution in [1.82, 2.24) is 23.6 Å². The van der Waals surface area contributed by atoms with E-state index in [-0.39, 0.29) is 41.4 Å². The average molecular weight is 383 g/mol. The molecule has 3 rings (SSSR count). The summed E-state index contributed by atoms with van der Waals surface area (Å²) in [4.78, 5) is 54.1. The van der Waals surface area contributed by atoms with Crippen LogP contribution in [0.5, 0.6) is 0 Å². The minimum atomic E-state index is -0.580. The van der Waals surface area contributed by atoms with E-state index in [2.05, 4.69) is 4.98 Å². The summed E-state index contributed by atoms with van der Waals surface area (Å²) in [6.07, 6.45) is 1.32. The quantitative estimate of drug-likeness (QED) is 0.668. The van der Waals surface area contributed by atoms with Gasteiger partial charge in [0, 0.05) is 27.2 Å². The topological polar surface area (TPSA) is 125 Å². The number of fused-ring (bicyclic) bond motifs is 1. The maximum Gasteiger partial charge on any atom is 0.332 e. The van der Waals surface area contributed by atoms with E-state index in [4.69, 9.17) is 17.3 Å². The molecule has 0 spiro atoms. The van der Waals surface area contributed by atoms with Crippen LogP contribution in [0.3, 0.4) is 0 Å². The van der Waals surface area contributed by atoms with Gasteiger partial charge in [-0.15, -0.1) is 0 Å². The number of carbonyl (C=O) groups excluding carboxylic acids is 2. The van der Waals surface area contributed by atoms with E-state index in [1.807, 2.05) is 0 Å². The van der Waals surface area contributed by atoms with Gasteiger partial charge in [0.15, 0.2) is 11.2 Å². The van der Waals surface area contributed by atoms with Gasteiger partial charge in [-0.2, -0.15) is 4.98 Å². The zero-order valence-corrected chi connectivity index (χ0v) is 15.2. The summed E-state index contributed by atoms with van der Waals surface area (Å²) >= 11 is 6.12. The highest BCUT2D eigenvalue weighted by Gasteiger charge is 2.28. The van der Waals surface area contributed by atoms with Crippen LogP contribution in [0.1, 0.15) is 12.8 Å². The molecule has 10 nitrogen and oxygen atoms in total. The second-order valence-corrected chi connectivity index (χ2v) is 6.76. The number of imidazole rings is 1. The third-order valence-corrected chi connectivity index (χ3v) is 5.06. The first kappa shape index (κ1) is 18.2. The molecule has 2 amide bonds. The second-order valence-electron chi connectivity index (χ2n) is 6.43. The number of aryl methyl sites for hydroxylation is 1. The highest BCUT2D eigenvalue weighted by atomic mass is 35.5. The van der Waals surface area contributed by atoms with Gasteiger partial charge in [-0.05, 0) is 24.4 Å². The Morgan fingerprint density at radius 2 is 1.96 bits per heavy atom. The Morgan fingerprint density at radius 3 is 2.62 bits per heavy atom. The van der Waals surface area contributed by atoms with Gasteiger partial charge in [-0.25, -0.2) is 4.79 Å². The standard InChI is InChI=1S/C15H19ClN6O4/c1-19-12-10(13(25)20(2)15(19)26)22(14(16)18-12)7-9(23)21-5-3-4-8(6-21)11(17)24/h8H,3-7H2,1-2H3,(H2,17,24)/t8-/m0/s1. The fraction of sp³-hybridized carbons (Fsp3) is 0.533. The molecule has 140 valence electrons. The molecule has 3 heterocycles. The predicted molar refractivity (Wildman–Crippen MR) is 93.7 cm³/mol. The molecule has 0 bridgehead atoms. The molecule has 1 aliphatic heterocycles. The molecule has 1 saturated heterocycles. The number of hydrogen-bond acceptors (Lipinski definition) is 5. The Bertz CT molecular complexity index is 1020. The smallest absolute Gasteiger partial charge is 0.332 e. The summed E-state index contributed by atoms with van der Waals surface area (Å²) in [5, 5.41) is -0.0601. The average Bonchev–Trinajstić information content (AvgIpc) is 2.94. The van der Waals surface area contributed by atoms with Crippen molar-refractivity contribution >= 4 is 34.6 Å². The fourth-order valence-electron chi connectivity index (χ4n) is 3.24. The Morgan fingerprint density at radius 1 is 1.27 bits per heavy atom. The number of carbonyl (C=O) groups is 2. The number of halogens is 1. The monoisotopic (exact) mass is 382 g/mol. The van der Waals surface area contributed by atoms with E-state index in [1.54, 1.807) is 0 Å². The number of likely N-dealkylation sites (tertiary alicyclic amines) is 1. The first-order valence-corrected chi connectivity index (χ1v) is 8.49. The highest BCUT2D eigenvalue weighted by molar-refractivity contribution is 6.29. The van der Waals surface area contributed by atoms with Gasteiger partial charge in [0.05, 0.1) is 5.92 Å². The molecule has 1 aliphatic rings. The molecule has 2 aromatic rings. The first-order valence-electron chi connectivity index (χ1n) is 8.11. The number of rotatable bonds is 3. The molecule has 0 aliphatic carbocycles. The first-order chi connectivity index (χ1) is 12.2. The van der Waals surface area contributed by atoms with Gasteiger partial charge in [0.1, 0.15) is 6.54 Å². The maximum absolute atomic E-state index is 12.7. The van der Waals surface area contributed by atoms with Crippen molar-refractivity contribution in [2.45, 2.75) is 19.4 Å². The van der Waals surface area contributed by atoms with Gasteiger partial charge >= 0.3 is 5.69 Å². The lowest BCUT2D eigenvalue weighted by molar-refractivity contribution is -0.135. The minimum Gasteiger partial charge on any atom is -0.369 e. The highest BCUT2D eigenvalue weighted by Crippen LogP contribution is 2.19.